The van der Waals surface area contributed by atoms with Gasteiger partial charge in [0.25, 0.3) is 0 Å². The summed E-state index contributed by atoms with van der Waals surface area (Å²) in [6.45, 7) is 8.67. The Morgan fingerprint density at radius 2 is 1.89 bits per heavy atom. The second-order valence-electron chi connectivity index (χ2n) is 5.24. The zero-order valence-corrected chi connectivity index (χ0v) is 12.2. The largest absolute Gasteiger partial charge is 0.347 e. The third kappa shape index (κ3) is 3.44. The molecule has 1 aromatic heterocycles. The summed E-state index contributed by atoms with van der Waals surface area (Å²) in [6, 6.07) is 7.29. The number of nitrogens with zero attached hydrogens (tertiary/aromatic N) is 1. The molecule has 0 aliphatic rings. The Bertz CT molecular complexity index is 497. The standard InChI is InChI=1S/C16H23N3/c1-5-15(16-17-6-7-18-16)19-13(4)14-9-11(2)8-12(3)10-14/h6-10,13,15,19H,5H2,1-4H3,(H,17,18). The summed E-state index contributed by atoms with van der Waals surface area (Å²) in [5.74, 6) is 1.01. The number of benzene rings is 1. The molecule has 3 nitrogen and oxygen atoms in total. The fourth-order valence-electron chi connectivity index (χ4n) is 2.52. The first-order chi connectivity index (χ1) is 9.10. The van der Waals surface area contributed by atoms with Crippen LogP contribution in [0.25, 0.3) is 0 Å². The van der Waals surface area contributed by atoms with Crippen LogP contribution in [0.4, 0.5) is 0 Å². The molecule has 1 aromatic carbocycles. The molecule has 0 aliphatic carbocycles. The highest BCUT2D eigenvalue weighted by Crippen LogP contribution is 2.21. The third-order valence-electron chi connectivity index (χ3n) is 3.45. The molecule has 102 valence electrons. The SMILES string of the molecule is CCC(NC(C)c1cc(C)cc(C)c1)c1ncc[nH]1. The third-order valence-corrected chi connectivity index (χ3v) is 3.45. The number of nitrogens with one attached hydrogen (secondary N) is 2. The van der Waals surface area contributed by atoms with Crippen LogP contribution < -0.4 is 5.32 Å². The first-order valence-corrected chi connectivity index (χ1v) is 6.93. The molecule has 2 aromatic rings. The van der Waals surface area contributed by atoms with Crippen molar-refractivity contribution in [2.24, 2.45) is 0 Å². The monoisotopic (exact) mass is 257 g/mol. The fourth-order valence-corrected chi connectivity index (χ4v) is 2.52. The van der Waals surface area contributed by atoms with E-state index in [1.807, 2.05) is 6.20 Å². The summed E-state index contributed by atoms with van der Waals surface area (Å²) >= 11 is 0. The average Bonchev–Trinajstić information content (AvgIpc) is 2.88. The van der Waals surface area contributed by atoms with E-state index in [1.165, 1.54) is 16.7 Å². The van der Waals surface area contributed by atoms with Crippen LogP contribution in [0, 0.1) is 13.8 Å². The number of H-pyrrole nitrogens is 1. The summed E-state index contributed by atoms with van der Waals surface area (Å²) in [6.07, 6.45) is 4.70. The highest BCUT2D eigenvalue weighted by Gasteiger charge is 2.15. The van der Waals surface area contributed by atoms with Crippen molar-refractivity contribution in [3.63, 3.8) is 0 Å². The van der Waals surface area contributed by atoms with E-state index in [-0.39, 0.29) is 6.04 Å². The van der Waals surface area contributed by atoms with E-state index in [4.69, 9.17) is 0 Å². The van der Waals surface area contributed by atoms with Gasteiger partial charge in [0.1, 0.15) is 5.82 Å². The van der Waals surface area contributed by atoms with E-state index in [2.05, 4.69) is 61.2 Å². The molecule has 0 fully saturated rings. The molecule has 0 radical (unpaired) electrons. The van der Waals surface area contributed by atoms with Gasteiger partial charge < -0.3 is 10.3 Å². The normalized spacial score (nSPS) is 14.3. The maximum absolute atomic E-state index is 4.35. The van der Waals surface area contributed by atoms with Gasteiger partial charge in [-0.05, 0) is 32.8 Å². The van der Waals surface area contributed by atoms with Gasteiger partial charge in [-0.25, -0.2) is 4.98 Å². The van der Waals surface area contributed by atoms with Gasteiger partial charge in [-0.1, -0.05) is 36.2 Å². The van der Waals surface area contributed by atoms with Gasteiger partial charge in [0, 0.05) is 18.4 Å². The lowest BCUT2D eigenvalue weighted by molar-refractivity contribution is 0.441. The van der Waals surface area contributed by atoms with Crippen molar-refractivity contribution in [1.29, 1.82) is 0 Å². The summed E-state index contributed by atoms with van der Waals surface area (Å²) in [7, 11) is 0. The lowest BCUT2D eigenvalue weighted by Gasteiger charge is -2.22. The number of aromatic nitrogens is 2. The average molecular weight is 257 g/mol. The molecular weight excluding hydrogens is 234 g/mol. The van der Waals surface area contributed by atoms with Gasteiger partial charge in [0.05, 0.1) is 6.04 Å². The van der Waals surface area contributed by atoms with Crippen LogP contribution in [0.1, 0.15) is 54.9 Å². The van der Waals surface area contributed by atoms with Crippen molar-refractivity contribution < 1.29 is 0 Å². The quantitative estimate of drug-likeness (QED) is 0.854. The molecule has 1 heterocycles. The molecule has 0 spiro atoms. The van der Waals surface area contributed by atoms with Gasteiger partial charge in [0.15, 0.2) is 0 Å². The van der Waals surface area contributed by atoms with E-state index >= 15 is 0 Å². The van der Waals surface area contributed by atoms with E-state index < -0.39 is 0 Å². The topological polar surface area (TPSA) is 40.7 Å². The minimum atomic E-state index is 0.269. The number of hydrogen-bond acceptors (Lipinski definition) is 2. The molecule has 0 amide bonds. The van der Waals surface area contributed by atoms with Crippen molar-refractivity contribution in [2.45, 2.75) is 46.2 Å². The Kier molecular flexibility index (Phi) is 4.38. The van der Waals surface area contributed by atoms with Crippen molar-refractivity contribution in [3.8, 4) is 0 Å². The first kappa shape index (κ1) is 13.8. The van der Waals surface area contributed by atoms with Crippen molar-refractivity contribution in [1.82, 2.24) is 15.3 Å². The van der Waals surface area contributed by atoms with Crippen LogP contribution in [0.2, 0.25) is 0 Å². The summed E-state index contributed by atoms with van der Waals surface area (Å²) in [5, 5.41) is 3.65. The van der Waals surface area contributed by atoms with Gasteiger partial charge >= 0.3 is 0 Å². The van der Waals surface area contributed by atoms with Gasteiger partial charge in [-0.15, -0.1) is 0 Å². The zero-order valence-electron chi connectivity index (χ0n) is 12.2. The minimum absolute atomic E-state index is 0.269. The second kappa shape index (κ2) is 6.02. The maximum Gasteiger partial charge on any atom is 0.123 e. The molecule has 0 saturated carbocycles. The van der Waals surface area contributed by atoms with Gasteiger partial charge in [-0.3, -0.25) is 0 Å². The first-order valence-electron chi connectivity index (χ1n) is 6.93. The Morgan fingerprint density at radius 1 is 1.21 bits per heavy atom. The van der Waals surface area contributed by atoms with Gasteiger partial charge in [0.2, 0.25) is 0 Å². The van der Waals surface area contributed by atoms with Crippen molar-refractivity contribution in [3.05, 3.63) is 53.1 Å². The van der Waals surface area contributed by atoms with E-state index in [9.17, 15) is 0 Å². The molecule has 3 heteroatoms. The molecule has 19 heavy (non-hydrogen) atoms. The smallest absolute Gasteiger partial charge is 0.123 e. The summed E-state index contributed by atoms with van der Waals surface area (Å²) in [4.78, 5) is 7.55. The number of aryl methyl sites for hydroxylation is 2. The maximum atomic E-state index is 4.35. The van der Waals surface area contributed by atoms with Crippen LogP contribution in [0.5, 0.6) is 0 Å². The summed E-state index contributed by atoms with van der Waals surface area (Å²) < 4.78 is 0. The molecule has 2 rings (SSSR count). The predicted molar refractivity (Wildman–Crippen MR) is 79.1 cm³/mol. The predicted octanol–water partition coefficient (Wildman–Crippen LogP) is 3.83. The molecule has 0 saturated heterocycles. The number of hydrogen-bond donors (Lipinski definition) is 2. The highest BCUT2D eigenvalue weighted by atomic mass is 15.0. The van der Waals surface area contributed by atoms with E-state index in [0.29, 0.717) is 6.04 Å². The van der Waals surface area contributed by atoms with Crippen LogP contribution in [-0.4, -0.2) is 9.97 Å². The lowest BCUT2D eigenvalue weighted by Crippen LogP contribution is -2.25. The van der Waals surface area contributed by atoms with E-state index in [1.54, 1.807) is 6.20 Å². The fraction of sp³-hybridized carbons (Fsp3) is 0.438. The second-order valence-corrected chi connectivity index (χ2v) is 5.24. The molecule has 2 unspecified atom stereocenters. The Morgan fingerprint density at radius 3 is 2.42 bits per heavy atom. The van der Waals surface area contributed by atoms with Crippen LogP contribution in [0.3, 0.4) is 0 Å². The minimum Gasteiger partial charge on any atom is -0.347 e. The summed E-state index contributed by atoms with van der Waals surface area (Å²) in [5.41, 5.74) is 3.96. The molecule has 0 aliphatic heterocycles. The Hall–Kier alpha value is -1.61. The number of imidazole rings is 1. The number of aromatic amines is 1. The molecular formula is C16H23N3. The molecule has 0 bridgehead atoms. The van der Waals surface area contributed by atoms with Gasteiger partial charge in [-0.2, -0.15) is 0 Å². The van der Waals surface area contributed by atoms with Crippen molar-refractivity contribution >= 4 is 0 Å². The zero-order chi connectivity index (χ0) is 13.8. The van der Waals surface area contributed by atoms with Crippen LogP contribution in [-0.2, 0) is 0 Å². The van der Waals surface area contributed by atoms with Crippen LogP contribution in [0.15, 0.2) is 30.6 Å². The Balaban J connectivity index is 2.13. The van der Waals surface area contributed by atoms with Crippen LogP contribution >= 0.6 is 0 Å². The number of rotatable bonds is 5. The molecule has 2 atom stereocenters. The van der Waals surface area contributed by atoms with E-state index in [0.717, 1.165) is 12.2 Å². The molecule has 2 N–H and O–H groups in total. The van der Waals surface area contributed by atoms with Crippen molar-refractivity contribution in [2.75, 3.05) is 0 Å². The lowest BCUT2D eigenvalue weighted by atomic mass is 10.0. The highest BCUT2D eigenvalue weighted by molar-refractivity contribution is 5.30. The Labute approximate surface area is 115 Å².